The monoisotopic (exact) mass is 2040 g/mol. The molecule has 4 aliphatic rings. The van der Waals surface area contributed by atoms with Gasteiger partial charge >= 0.3 is 0 Å². The van der Waals surface area contributed by atoms with Crippen LogP contribution in [0.4, 0.5) is 40.3 Å². The number of para-hydroxylation sites is 4. The van der Waals surface area contributed by atoms with Gasteiger partial charge in [0.1, 0.15) is 24.4 Å². The Balaban J connectivity index is 0.000000131. The van der Waals surface area contributed by atoms with E-state index in [1.54, 1.807) is 6.07 Å². The first-order valence-electron chi connectivity index (χ1n) is 47.2. The van der Waals surface area contributed by atoms with E-state index >= 15 is 0 Å². The van der Waals surface area contributed by atoms with E-state index in [9.17, 15) is 51.2 Å². The maximum absolute atomic E-state index is 14.8. The molecule has 8 aromatic heterocycles. The summed E-state index contributed by atoms with van der Waals surface area (Å²) < 4.78 is 185. The average molecular weight is 2040 g/mol. The number of anilines is 4. The molecule has 8 aromatic carbocycles. The fourth-order valence-electron chi connectivity index (χ4n) is 18.4. The van der Waals surface area contributed by atoms with E-state index < -0.39 is 69.4 Å². The SMILES string of the molecule is C[C@H](Nc1c(F)cnc2ccccc12)c1cc2cccc(Cl)c2c(OC2CCN(S(C)(=O)=O)CC2)n1.C[C@H](Nc1c(F)cnc2ccccc12)c1cc2ccccc2c(OC2CCN(S(C)(=O)=O)CC2)n1.Cc1cccc2cc([C@H](C)Nc3c(F)cnc4ccccc34)nc(OC3CCN(S(C)(=O)=O)CC3)c12.Cc1cccc2nc([C@H](C)Nc3c(F)cnc4ccccc34)nc(OC3CCN(S(C)(=O)=O)CC3)c12. The van der Waals surface area contributed by atoms with Gasteiger partial charge in [0.05, 0.1) is 157 Å². The Morgan fingerprint density at radius 2 is 0.587 bits per heavy atom. The van der Waals surface area contributed by atoms with E-state index in [2.05, 4.69) is 41.2 Å². The number of piperidine rings is 4. The molecule has 0 bridgehead atoms. The van der Waals surface area contributed by atoms with Crippen LogP contribution in [0.2, 0.25) is 5.02 Å². The highest BCUT2D eigenvalue weighted by atomic mass is 35.5. The number of rotatable bonds is 24. The third kappa shape index (κ3) is 23.8. The van der Waals surface area contributed by atoms with Crippen molar-refractivity contribution < 1.29 is 70.2 Å². The molecule has 4 N–H and O–H groups in total. The van der Waals surface area contributed by atoms with E-state index in [0.29, 0.717) is 221 Å². The van der Waals surface area contributed by atoms with Crippen LogP contribution < -0.4 is 40.2 Å². The van der Waals surface area contributed by atoms with Crippen molar-refractivity contribution in [3.8, 4) is 23.5 Å². The van der Waals surface area contributed by atoms with E-state index in [0.717, 1.165) is 54.7 Å². The van der Waals surface area contributed by atoms with Crippen LogP contribution in [0, 0.1) is 37.1 Å². The van der Waals surface area contributed by atoms with Gasteiger partial charge in [0.15, 0.2) is 29.1 Å². The minimum Gasteiger partial charge on any atom is -0.474 e. The number of pyridine rings is 7. The smallest absolute Gasteiger partial charge is 0.225 e. The second kappa shape index (κ2) is 43.3. The summed E-state index contributed by atoms with van der Waals surface area (Å²) in [5.74, 6) is 0.592. The molecule has 4 atom stereocenters. The number of sulfonamides is 4. The fourth-order valence-corrected chi connectivity index (χ4v) is 22.2. The third-order valence-electron chi connectivity index (χ3n) is 26.2. The molecule has 4 aliphatic heterocycles. The number of hydrogen-bond donors (Lipinski definition) is 4. The van der Waals surface area contributed by atoms with E-state index in [1.807, 2.05) is 230 Å². The summed E-state index contributed by atoms with van der Waals surface area (Å²) >= 11 is 6.53. The summed E-state index contributed by atoms with van der Waals surface area (Å²) in [7, 11) is -12.9. The Labute approximate surface area is 832 Å². The van der Waals surface area contributed by atoms with Crippen molar-refractivity contribution in [2.24, 2.45) is 0 Å². The Morgan fingerprint density at radius 1 is 0.315 bits per heavy atom. The summed E-state index contributed by atoms with van der Waals surface area (Å²) in [6.45, 7) is 14.9. The number of halogens is 5. The lowest BCUT2D eigenvalue weighted by atomic mass is 10.0. The van der Waals surface area contributed by atoms with Gasteiger partial charge in [-0.15, -0.1) is 0 Å². The van der Waals surface area contributed by atoms with Crippen LogP contribution in [0.3, 0.4) is 0 Å². The van der Waals surface area contributed by atoms with Crippen LogP contribution in [0.25, 0.3) is 86.8 Å². The molecule has 0 radical (unpaired) electrons. The van der Waals surface area contributed by atoms with Crippen LogP contribution in [0.1, 0.15) is 137 Å². The van der Waals surface area contributed by atoms with Crippen molar-refractivity contribution in [3.05, 3.63) is 281 Å². The highest BCUT2D eigenvalue weighted by molar-refractivity contribution is 7.89. The molecule has 38 heteroatoms. The molecule has 0 amide bonds. The summed E-state index contributed by atoms with van der Waals surface area (Å²) in [5.41, 5.74) is 9.12. The van der Waals surface area contributed by atoms with Gasteiger partial charge < -0.3 is 40.2 Å². The van der Waals surface area contributed by atoms with Crippen molar-refractivity contribution in [3.63, 3.8) is 0 Å². The number of nitrogens with one attached hydrogen (secondary N) is 4. The number of hydrogen-bond acceptors (Lipinski definition) is 25. The summed E-state index contributed by atoms with van der Waals surface area (Å²) in [6, 6.07) is 59.3. The largest absolute Gasteiger partial charge is 0.474 e. The van der Waals surface area contributed by atoms with Crippen LogP contribution in [-0.4, -0.2) is 198 Å². The lowest BCUT2D eigenvalue weighted by molar-refractivity contribution is 0.131. The van der Waals surface area contributed by atoms with Crippen LogP contribution in [0.5, 0.6) is 23.5 Å². The average Bonchev–Trinajstić information content (AvgIpc) is 0.771. The van der Waals surface area contributed by atoms with Gasteiger partial charge in [-0.2, -0.15) is 4.98 Å². The van der Waals surface area contributed by atoms with E-state index in [-0.39, 0.29) is 42.5 Å². The van der Waals surface area contributed by atoms with Crippen molar-refractivity contribution in [2.45, 2.75) is 141 Å². The lowest BCUT2D eigenvalue weighted by Gasteiger charge is -2.30. The van der Waals surface area contributed by atoms with Gasteiger partial charge in [-0.1, -0.05) is 145 Å². The number of aryl methyl sites for hydroxylation is 2. The van der Waals surface area contributed by atoms with Crippen LogP contribution >= 0.6 is 11.6 Å². The Morgan fingerprint density at radius 3 is 0.958 bits per heavy atom. The fraction of sp³-hybridized carbons (Fsp3) is 0.324. The van der Waals surface area contributed by atoms with Crippen molar-refractivity contribution in [1.82, 2.24) is 62.1 Å². The zero-order valence-electron chi connectivity index (χ0n) is 80.5. The predicted molar refractivity (Wildman–Crippen MR) is 554 cm³/mol. The topological polar surface area (TPSA) is 351 Å². The second-order valence-corrected chi connectivity index (χ2v) is 44.9. The summed E-state index contributed by atoms with van der Waals surface area (Å²) in [6.07, 6.45) is 13.7. The molecule has 12 heterocycles. The molecule has 0 saturated carbocycles. The Bertz CT molecular complexity index is 7400. The molecular weight excluding hydrogens is 1930 g/mol. The first-order chi connectivity index (χ1) is 68.4. The minimum atomic E-state index is -3.23. The van der Waals surface area contributed by atoms with Crippen LogP contribution in [-0.2, 0) is 40.1 Å². The number of fused-ring (bicyclic) bond motifs is 8. The molecule has 4 saturated heterocycles. The number of nitrogens with zero attached hydrogens (tertiary/aromatic N) is 13. The van der Waals surface area contributed by atoms with Gasteiger partial charge in [0, 0.05) is 84.7 Å². The first-order valence-corrected chi connectivity index (χ1v) is 55.0. The molecule has 0 unspecified atom stereocenters. The van der Waals surface area contributed by atoms with Gasteiger partial charge in [0.25, 0.3) is 0 Å². The Hall–Kier alpha value is -13.0. The first kappa shape index (κ1) is 102. The summed E-state index contributed by atoms with van der Waals surface area (Å²) in [5, 5.41) is 22.5. The zero-order valence-corrected chi connectivity index (χ0v) is 84.5. The van der Waals surface area contributed by atoms with E-state index in [4.69, 9.17) is 55.5 Å². The minimum absolute atomic E-state index is 0.135. The normalized spacial score (nSPS) is 16.4. The molecule has 143 heavy (non-hydrogen) atoms. The molecule has 4 fully saturated rings. The Kier molecular flexibility index (Phi) is 30.7. The molecule has 16 aromatic rings. The molecule has 29 nitrogen and oxygen atoms in total. The third-order valence-corrected chi connectivity index (χ3v) is 31.7. The van der Waals surface area contributed by atoms with Gasteiger partial charge in [-0.05, 0) is 181 Å². The maximum Gasteiger partial charge on any atom is 0.225 e. The summed E-state index contributed by atoms with van der Waals surface area (Å²) in [4.78, 5) is 40.7. The molecule has 0 spiro atoms. The number of benzene rings is 8. The predicted octanol–water partition coefficient (Wildman–Crippen LogP) is 20.3. The molecule has 0 aliphatic carbocycles. The zero-order chi connectivity index (χ0) is 101. The highest BCUT2D eigenvalue weighted by Crippen LogP contribution is 2.42. The molecular formula is C105H110ClF4N17O12S4. The second-order valence-electron chi connectivity index (χ2n) is 36.5. The quantitative estimate of drug-likeness (QED) is 0.0408. The number of ether oxygens (including phenoxy) is 4. The number of aromatic nitrogens is 9. The lowest BCUT2D eigenvalue weighted by Crippen LogP contribution is -2.41. The van der Waals surface area contributed by atoms with Crippen molar-refractivity contribution >= 4 is 161 Å². The standard InChI is InChI=1S/C27H29FN4O3S.C26H26ClFN4O3S.C26H28FN5O3S.C26H27FN4O3S/c1-17-7-6-8-19-15-24(18(2)30-26-21-9-4-5-10-23(21)29-16-22(26)28)31-27(25(17)19)35-20-11-13-32(14-12-20)36(3,33)34;1-16(30-25-19-7-3-4-9-22(19)29-15-21(25)28)23-14-17-6-5-8-20(27)24(17)26(31-23)35-18-10-12-32(13-11-18)36(2,33)34;1-16-7-6-10-22-23(16)26(35-18-11-13-32(14-12-18)36(3,33)34)31-25(30-22)17(2)29-24-19-8-4-5-9-21(19)28-15-20(24)27;1-17(29-25-21-9-5-6-10-23(21)28-16-22(25)27)24-15-18-7-3-4-8-20(18)26(30-24)34-19-11-13-31(14-12-19)35(2,32)33/h4-10,15-16,18,20H,11-14H2,1-3H3,(H,29,30);3-9,14-16,18H,10-13H2,1-2H3,(H,29,30);4-10,15,17-18H,11-14H2,1-3H3,(H,28,29);3-10,15-17,19H,11-14H2,1-2H3,(H,28,29)/t18-;16-;2*17-/m0000/s1. The molecule has 20 rings (SSSR count). The van der Waals surface area contributed by atoms with Crippen molar-refractivity contribution in [1.29, 1.82) is 0 Å². The van der Waals surface area contributed by atoms with Gasteiger partial charge in [-0.25, -0.2) is 88.4 Å². The van der Waals surface area contributed by atoms with Crippen LogP contribution in [0.15, 0.2) is 219 Å². The van der Waals surface area contributed by atoms with Gasteiger partial charge in [0.2, 0.25) is 63.6 Å². The van der Waals surface area contributed by atoms with Gasteiger partial charge in [-0.3, -0.25) is 19.9 Å². The highest BCUT2D eigenvalue weighted by Gasteiger charge is 2.34. The van der Waals surface area contributed by atoms with E-state index in [1.165, 1.54) is 67.0 Å². The maximum atomic E-state index is 14.8. The molecule has 746 valence electrons. The van der Waals surface area contributed by atoms with Crippen molar-refractivity contribution in [2.75, 3.05) is 98.6 Å².